The van der Waals surface area contributed by atoms with E-state index in [1.54, 1.807) is 42.5 Å². The Morgan fingerprint density at radius 1 is 0.926 bits per heavy atom. The SMILES string of the molecule is C[C@@H](Sc1ccccc1)C(=O)Nc1ccc(Cl)cc1C(=O)c1ccccc1. The van der Waals surface area contributed by atoms with Crippen LogP contribution in [0.2, 0.25) is 5.02 Å². The number of nitrogens with one attached hydrogen (secondary N) is 1. The molecule has 1 amide bonds. The number of anilines is 1. The van der Waals surface area contributed by atoms with Crippen LogP contribution in [0.5, 0.6) is 0 Å². The predicted molar refractivity (Wildman–Crippen MR) is 112 cm³/mol. The van der Waals surface area contributed by atoms with Gasteiger partial charge in [-0.05, 0) is 37.3 Å². The van der Waals surface area contributed by atoms with Gasteiger partial charge in [0.2, 0.25) is 5.91 Å². The lowest BCUT2D eigenvalue weighted by molar-refractivity contribution is -0.115. The Hall–Kier alpha value is -2.56. The molecule has 0 aliphatic heterocycles. The molecular formula is C22H18ClNO2S. The van der Waals surface area contributed by atoms with Crippen LogP contribution in [0, 0.1) is 0 Å². The zero-order chi connectivity index (χ0) is 19.2. The maximum atomic E-state index is 12.8. The minimum Gasteiger partial charge on any atom is -0.324 e. The van der Waals surface area contributed by atoms with E-state index in [4.69, 9.17) is 11.6 Å². The quantitative estimate of drug-likeness (QED) is 0.430. The molecule has 0 fully saturated rings. The first kappa shape index (κ1) is 19.2. The molecule has 0 aliphatic carbocycles. The summed E-state index contributed by atoms with van der Waals surface area (Å²) < 4.78 is 0. The summed E-state index contributed by atoms with van der Waals surface area (Å²) >= 11 is 7.55. The second-order valence-corrected chi connectivity index (χ2v) is 7.80. The Kier molecular flexibility index (Phi) is 6.32. The fourth-order valence-electron chi connectivity index (χ4n) is 2.55. The van der Waals surface area contributed by atoms with Crippen molar-refractivity contribution in [3.05, 3.63) is 95.0 Å². The number of carbonyl (C=O) groups excluding carboxylic acids is 2. The summed E-state index contributed by atoms with van der Waals surface area (Å²) in [6.45, 7) is 1.83. The fraction of sp³-hybridized carbons (Fsp3) is 0.0909. The molecule has 0 bridgehead atoms. The van der Waals surface area contributed by atoms with Crippen LogP contribution in [0.15, 0.2) is 83.8 Å². The molecule has 1 N–H and O–H groups in total. The summed E-state index contributed by atoms with van der Waals surface area (Å²) in [4.78, 5) is 26.5. The Bertz CT molecular complexity index is 945. The van der Waals surface area contributed by atoms with Gasteiger partial charge < -0.3 is 5.32 Å². The standard InChI is InChI=1S/C22H18ClNO2S/c1-15(27-18-10-6-3-7-11-18)22(26)24-20-13-12-17(23)14-19(20)21(25)16-8-4-2-5-9-16/h2-15H,1H3,(H,24,26)/t15-/m1/s1. The van der Waals surface area contributed by atoms with Crippen molar-refractivity contribution in [1.82, 2.24) is 0 Å². The topological polar surface area (TPSA) is 46.2 Å². The fourth-order valence-corrected chi connectivity index (χ4v) is 3.61. The van der Waals surface area contributed by atoms with Gasteiger partial charge in [0.15, 0.2) is 5.78 Å². The summed E-state index contributed by atoms with van der Waals surface area (Å²) in [7, 11) is 0. The van der Waals surface area contributed by atoms with E-state index in [1.165, 1.54) is 11.8 Å². The van der Waals surface area contributed by atoms with Crippen LogP contribution in [0.1, 0.15) is 22.8 Å². The Labute approximate surface area is 167 Å². The first-order chi connectivity index (χ1) is 13.0. The van der Waals surface area contributed by atoms with Crippen molar-refractivity contribution in [2.45, 2.75) is 17.1 Å². The van der Waals surface area contributed by atoms with Crippen molar-refractivity contribution >= 4 is 40.7 Å². The molecule has 27 heavy (non-hydrogen) atoms. The smallest absolute Gasteiger partial charge is 0.237 e. The van der Waals surface area contributed by atoms with E-state index in [0.29, 0.717) is 21.8 Å². The average molecular weight is 396 g/mol. The summed E-state index contributed by atoms with van der Waals surface area (Å²) in [6.07, 6.45) is 0. The van der Waals surface area contributed by atoms with Gasteiger partial charge in [-0.15, -0.1) is 11.8 Å². The van der Waals surface area contributed by atoms with E-state index in [2.05, 4.69) is 5.32 Å². The number of halogens is 1. The maximum absolute atomic E-state index is 12.8. The molecule has 0 aromatic heterocycles. The number of amides is 1. The van der Waals surface area contributed by atoms with Crippen molar-refractivity contribution in [3.63, 3.8) is 0 Å². The second kappa shape index (κ2) is 8.89. The normalized spacial score (nSPS) is 11.6. The highest BCUT2D eigenvalue weighted by Gasteiger charge is 2.19. The lowest BCUT2D eigenvalue weighted by Crippen LogP contribution is -2.23. The van der Waals surface area contributed by atoms with Crippen LogP contribution in [0.25, 0.3) is 0 Å². The summed E-state index contributed by atoms with van der Waals surface area (Å²) in [5.41, 5.74) is 1.37. The molecule has 3 nitrogen and oxygen atoms in total. The lowest BCUT2D eigenvalue weighted by atomic mass is 10.0. The third-order valence-corrected chi connectivity index (χ3v) is 5.29. The minimum absolute atomic E-state index is 0.173. The molecule has 136 valence electrons. The predicted octanol–water partition coefficient (Wildman–Crippen LogP) is 5.69. The summed E-state index contributed by atoms with van der Waals surface area (Å²) in [5, 5.41) is 3.00. The number of benzene rings is 3. The molecule has 0 unspecified atom stereocenters. The van der Waals surface area contributed by atoms with E-state index in [0.717, 1.165) is 4.90 Å². The van der Waals surface area contributed by atoms with Crippen LogP contribution < -0.4 is 5.32 Å². The van der Waals surface area contributed by atoms with Crippen LogP contribution >= 0.6 is 23.4 Å². The van der Waals surface area contributed by atoms with E-state index >= 15 is 0 Å². The number of rotatable bonds is 6. The van der Waals surface area contributed by atoms with Crippen LogP contribution in [-0.4, -0.2) is 16.9 Å². The zero-order valence-electron chi connectivity index (χ0n) is 14.7. The zero-order valence-corrected chi connectivity index (χ0v) is 16.3. The highest BCUT2D eigenvalue weighted by molar-refractivity contribution is 8.00. The largest absolute Gasteiger partial charge is 0.324 e. The Balaban J connectivity index is 1.80. The van der Waals surface area contributed by atoms with Crippen LogP contribution in [-0.2, 0) is 4.79 Å². The van der Waals surface area contributed by atoms with Gasteiger partial charge in [0.1, 0.15) is 0 Å². The summed E-state index contributed by atoms with van der Waals surface area (Å²) in [5.74, 6) is -0.356. The third-order valence-electron chi connectivity index (χ3n) is 3.95. The van der Waals surface area contributed by atoms with E-state index in [9.17, 15) is 9.59 Å². The lowest BCUT2D eigenvalue weighted by Gasteiger charge is -2.15. The number of hydrogen-bond donors (Lipinski definition) is 1. The van der Waals surface area contributed by atoms with Gasteiger partial charge in [-0.1, -0.05) is 60.1 Å². The first-order valence-corrected chi connectivity index (χ1v) is 9.72. The van der Waals surface area contributed by atoms with Crippen LogP contribution in [0.4, 0.5) is 5.69 Å². The molecule has 0 radical (unpaired) electrons. The molecular weight excluding hydrogens is 378 g/mol. The first-order valence-electron chi connectivity index (χ1n) is 8.46. The number of ketones is 1. The van der Waals surface area contributed by atoms with Gasteiger partial charge in [0.05, 0.1) is 10.9 Å². The van der Waals surface area contributed by atoms with Gasteiger partial charge in [-0.3, -0.25) is 9.59 Å². The van der Waals surface area contributed by atoms with E-state index in [1.807, 2.05) is 43.3 Å². The maximum Gasteiger partial charge on any atom is 0.237 e. The van der Waals surface area contributed by atoms with Gasteiger partial charge in [0.25, 0.3) is 0 Å². The number of hydrogen-bond acceptors (Lipinski definition) is 3. The molecule has 0 heterocycles. The molecule has 0 saturated carbocycles. The average Bonchev–Trinajstić information content (AvgIpc) is 2.70. The Morgan fingerprint density at radius 3 is 2.22 bits per heavy atom. The van der Waals surface area contributed by atoms with Crippen molar-refractivity contribution in [3.8, 4) is 0 Å². The van der Waals surface area contributed by atoms with Gasteiger partial charge in [0, 0.05) is 21.0 Å². The van der Waals surface area contributed by atoms with Crippen molar-refractivity contribution in [1.29, 1.82) is 0 Å². The van der Waals surface area contributed by atoms with E-state index in [-0.39, 0.29) is 16.9 Å². The summed E-state index contributed by atoms with van der Waals surface area (Å²) in [6, 6.07) is 23.6. The molecule has 1 atom stereocenters. The van der Waals surface area contributed by atoms with Crippen LogP contribution in [0.3, 0.4) is 0 Å². The number of carbonyl (C=O) groups is 2. The highest BCUT2D eigenvalue weighted by atomic mass is 35.5. The second-order valence-electron chi connectivity index (χ2n) is 5.95. The number of thioether (sulfide) groups is 1. The highest BCUT2D eigenvalue weighted by Crippen LogP contribution is 2.27. The molecule has 0 aliphatic rings. The van der Waals surface area contributed by atoms with E-state index < -0.39 is 0 Å². The minimum atomic E-state index is -0.317. The van der Waals surface area contributed by atoms with Crippen molar-refractivity contribution in [2.24, 2.45) is 0 Å². The molecule has 0 spiro atoms. The molecule has 5 heteroatoms. The molecule has 0 saturated heterocycles. The molecule has 3 aromatic carbocycles. The van der Waals surface area contributed by atoms with Gasteiger partial charge in [-0.25, -0.2) is 0 Å². The molecule has 3 aromatic rings. The monoisotopic (exact) mass is 395 g/mol. The third kappa shape index (κ3) is 5.00. The Morgan fingerprint density at radius 2 is 1.56 bits per heavy atom. The van der Waals surface area contributed by atoms with Crippen molar-refractivity contribution in [2.75, 3.05) is 5.32 Å². The van der Waals surface area contributed by atoms with Gasteiger partial charge >= 0.3 is 0 Å². The van der Waals surface area contributed by atoms with Gasteiger partial charge in [-0.2, -0.15) is 0 Å². The molecule has 3 rings (SSSR count). The van der Waals surface area contributed by atoms with Crippen molar-refractivity contribution < 1.29 is 9.59 Å².